The normalized spacial score (nSPS) is 13.8. The van der Waals surface area contributed by atoms with Gasteiger partial charge in [0.25, 0.3) is 5.56 Å². The Morgan fingerprint density at radius 1 is 1.38 bits per heavy atom. The maximum absolute atomic E-state index is 12.4. The summed E-state index contributed by atoms with van der Waals surface area (Å²) >= 11 is 4.07. The zero-order valence-corrected chi connectivity index (χ0v) is 14.9. The lowest BCUT2D eigenvalue weighted by atomic mass is 9.97. The molecule has 0 aromatic carbocycles. The Morgan fingerprint density at radius 2 is 2.25 bits per heavy atom. The molecule has 4 rings (SSSR count). The van der Waals surface area contributed by atoms with Crippen LogP contribution >= 0.6 is 34.4 Å². The number of carbonyl (C=O) groups is 1. The van der Waals surface area contributed by atoms with Gasteiger partial charge in [-0.05, 0) is 31.2 Å². The van der Waals surface area contributed by atoms with Crippen LogP contribution in [0.25, 0.3) is 10.2 Å². The van der Waals surface area contributed by atoms with Crippen molar-refractivity contribution in [3.05, 3.63) is 26.3 Å². The minimum atomic E-state index is -0.204. The minimum absolute atomic E-state index is 0.105. The first-order valence-electron chi connectivity index (χ1n) is 7.44. The van der Waals surface area contributed by atoms with E-state index >= 15 is 0 Å². The Labute approximate surface area is 148 Å². The third-order valence-corrected chi connectivity index (χ3v) is 6.42. The fourth-order valence-electron chi connectivity index (χ4n) is 2.73. The number of anilines is 1. The van der Waals surface area contributed by atoms with Crippen LogP contribution in [0.1, 0.15) is 23.3 Å². The SMILES string of the molecule is O=C(CSc1nc2sc3c(c2c(=O)[nH]1)CCCC3)Nc1nncs1. The molecule has 0 aliphatic heterocycles. The van der Waals surface area contributed by atoms with E-state index < -0.39 is 0 Å². The number of thiophene rings is 1. The zero-order valence-electron chi connectivity index (χ0n) is 12.5. The smallest absolute Gasteiger partial charge is 0.260 e. The highest BCUT2D eigenvalue weighted by atomic mass is 32.2. The number of carbonyl (C=O) groups excluding carboxylic acids is 1. The molecule has 0 spiro atoms. The second-order valence-electron chi connectivity index (χ2n) is 5.34. The second kappa shape index (κ2) is 6.61. The van der Waals surface area contributed by atoms with Crippen molar-refractivity contribution < 1.29 is 4.79 Å². The number of aromatic nitrogens is 4. The van der Waals surface area contributed by atoms with Gasteiger partial charge in [-0.15, -0.1) is 21.5 Å². The van der Waals surface area contributed by atoms with Crippen molar-refractivity contribution >= 4 is 55.7 Å². The highest BCUT2D eigenvalue weighted by molar-refractivity contribution is 7.99. The fourth-order valence-corrected chi connectivity index (χ4v) is 5.17. The van der Waals surface area contributed by atoms with Crippen molar-refractivity contribution in [1.29, 1.82) is 0 Å². The molecule has 0 radical (unpaired) electrons. The van der Waals surface area contributed by atoms with Crippen LogP contribution in [0.15, 0.2) is 15.5 Å². The van der Waals surface area contributed by atoms with Crippen LogP contribution in [-0.4, -0.2) is 31.8 Å². The van der Waals surface area contributed by atoms with Gasteiger partial charge in [0, 0.05) is 4.88 Å². The van der Waals surface area contributed by atoms with Gasteiger partial charge < -0.3 is 4.98 Å². The van der Waals surface area contributed by atoms with E-state index in [0.717, 1.165) is 29.5 Å². The van der Waals surface area contributed by atoms with Crippen LogP contribution in [0.2, 0.25) is 0 Å². The van der Waals surface area contributed by atoms with E-state index in [0.29, 0.717) is 10.3 Å². The van der Waals surface area contributed by atoms with Crippen molar-refractivity contribution in [2.24, 2.45) is 0 Å². The summed E-state index contributed by atoms with van der Waals surface area (Å²) in [6.45, 7) is 0. The monoisotopic (exact) mass is 379 g/mol. The van der Waals surface area contributed by atoms with E-state index in [-0.39, 0.29) is 17.2 Å². The lowest BCUT2D eigenvalue weighted by molar-refractivity contribution is -0.113. The minimum Gasteiger partial charge on any atom is -0.301 e. The zero-order chi connectivity index (χ0) is 16.5. The van der Waals surface area contributed by atoms with E-state index in [4.69, 9.17) is 0 Å². The standard InChI is InChI=1S/C14H13N5O2S3/c20-9(16-14-19-15-6-23-14)5-22-13-17-11(21)10-7-3-1-2-4-8(7)24-12(10)18-13/h6H,1-5H2,(H,16,19,20)(H,17,18,21). The molecular formula is C14H13N5O2S3. The summed E-state index contributed by atoms with van der Waals surface area (Å²) in [5, 5.41) is 11.7. The molecule has 1 amide bonds. The van der Waals surface area contributed by atoms with Gasteiger partial charge in [0.05, 0.1) is 11.1 Å². The molecule has 0 fully saturated rings. The van der Waals surface area contributed by atoms with Crippen LogP contribution in [0.5, 0.6) is 0 Å². The summed E-state index contributed by atoms with van der Waals surface area (Å²) in [5.41, 5.74) is 2.61. The van der Waals surface area contributed by atoms with Crippen LogP contribution in [0.3, 0.4) is 0 Å². The van der Waals surface area contributed by atoms with Gasteiger partial charge in [0.15, 0.2) is 5.16 Å². The van der Waals surface area contributed by atoms with Crippen molar-refractivity contribution in [2.45, 2.75) is 30.8 Å². The van der Waals surface area contributed by atoms with E-state index in [1.807, 2.05) is 0 Å². The number of hydrogen-bond donors (Lipinski definition) is 2. The molecule has 24 heavy (non-hydrogen) atoms. The quantitative estimate of drug-likeness (QED) is 0.533. The molecule has 0 saturated carbocycles. The number of aryl methyl sites for hydroxylation is 2. The molecule has 3 aromatic heterocycles. The van der Waals surface area contributed by atoms with Gasteiger partial charge >= 0.3 is 0 Å². The van der Waals surface area contributed by atoms with Crippen molar-refractivity contribution in [2.75, 3.05) is 11.1 Å². The molecule has 0 bridgehead atoms. The molecule has 0 unspecified atom stereocenters. The molecule has 0 saturated heterocycles. The number of thioether (sulfide) groups is 1. The molecule has 1 aliphatic rings. The first-order chi connectivity index (χ1) is 11.7. The summed E-state index contributed by atoms with van der Waals surface area (Å²) in [7, 11) is 0. The molecule has 3 aromatic rings. The summed E-state index contributed by atoms with van der Waals surface area (Å²) in [6.07, 6.45) is 4.28. The number of fused-ring (bicyclic) bond motifs is 3. The summed E-state index contributed by atoms with van der Waals surface area (Å²) in [4.78, 5) is 33.7. The molecular weight excluding hydrogens is 366 g/mol. The Morgan fingerprint density at radius 3 is 3.08 bits per heavy atom. The largest absolute Gasteiger partial charge is 0.301 e. The third kappa shape index (κ3) is 3.08. The van der Waals surface area contributed by atoms with Gasteiger partial charge in [-0.1, -0.05) is 23.1 Å². The van der Waals surface area contributed by atoms with Crippen LogP contribution < -0.4 is 10.9 Å². The van der Waals surface area contributed by atoms with Crippen LogP contribution in [-0.2, 0) is 17.6 Å². The topological polar surface area (TPSA) is 101 Å². The number of hydrogen-bond acceptors (Lipinski definition) is 8. The van der Waals surface area contributed by atoms with E-state index in [9.17, 15) is 9.59 Å². The molecule has 10 heteroatoms. The van der Waals surface area contributed by atoms with Gasteiger partial charge in [-0.3, -0.25) is 14.9 Å². The van der Waals surface area contributed by atoms with Gasteiger partial charge in [0.2, 0.25) is 11.0 Å². The predicted octanol–water partition coefficient (Wildman–Crippen LogP) is 2.45. The van der Waals surface area contributed by atoms with Crippen LogP contribution in [0.4, 0.5) is 5.13 Å². The first-order valence-corrected chi connectivity index (χ1v) is 10.1. The summed E-state index contributed by atoms with van der Waals surface area (Å²) in [6, 6.07) is 0. The van der Waals surface area contributed by atoms with Gasteiger partial charge in [-0.2, -0.15) is 0 Å². The van der Waals surface area contributed by atoms with E-state index in [1.165, 1.54) is 40.0 Å². The number of amides is 1. The van der Waals surface area contributed by atoms with E-state index in [1.54, 1.807) is 16.8 Å². The molecule has 2 N–H and O–H groups in total. The van der Waals surface area contributed by atoms with E-state index in [2.05, 4.69) is 25.5 Å². The predicted molar refractivity (Wildman–Crippen MR) is 96.1 cm³/mol. The number of nitrogens with one attached hydrogen (secondary N) is 2. The van der Waals surface area contributed by atoms with Crippen molar-refractivity contribution in [1.82, 2.24) is 20.2 Å². The number of nitrogens with zero attached hydrogens (tertiary/aromatic N) is 3. The Balaban J connectivity index is 1.52. The molecule has 124 valence electrons. The average Bonchev–Trinajstić information content (AvgIpc) is 3.19. The maximum Gasteiger partial charge on any atom is 0.260 e. The molecule has 1 aliphatic carbocycles. The fraction of sp³-hybridized carbons (Fsp3) is 0.357. The second-order valence-corrected chi connectivity index (χ2v) is 8.22. The third-order valence-electron chi connectivity index (χ3n) is 3.75. The Kier molecular flexibility index (Phi) is 4.33. The molecule has 0 atom stereocenters. The van der Waals surface area contributed by atoms with Crippen molar-refractivity contribution in [3.8, 4) is 0 Å². The van der Waals surface area contributed by atoms with Gasteiger partial charge in [-0.25, -0.2) is 4.98 Å². The lowest BCUT2D eigenvalue weighted by Crippen LogP contribution is -2.15. The number of aromatic amines is 1. The highest BCUT2D eigenvalue weighted by Gasteiger charge is 2.20. The Bertz CT molecular complexity index is 947. The molecule has 3 heterocycles. The number of H-pyrrole nitrogens is 1. The lowest BCUT2D eigenvalue weighted by Gasteiger charge is -2.09. The average molecular weight is 379 g/mol. The maximum atomic E-state index is 12.4. The Hall–Kier alpha value is -1.78. The van der Waals surface area contributed by atoms with Crippen LogP contribution in [0, 0.1) is 0 Å². The summed E-state index contributed by atoms with van der Waals surface area (Å²) < 4.78 is 0. The number of rotatable bonds is 4. The molecule has 7 nitrogen and oxygen atoms in total. The first kappa shape index (κ1) is 15.7. The summed E-state index contributed by atoms with van der Waals surface area (Å²) in [5.74, 6) is -0.0518. The van der Waals surface area contributed by atoms with Crippen molar-refractivity contribution in [3.63, 3.8) is 0 Å². The van der Waals surface area contributed by atoms with Gasteiger partial charge in [0.1, 0.15) is 10.3 Å². The highest BCUT2D eigenvalue weighted by Crippen LogP contribution is 2.34.